The van der Waals surface area contributed by atoms with Gasteiger partial charge in [0.2, 0.25) is 5.88 Å². The van der Waals surface area contributed by atoms with Gasteiger partial charge in [-0.1, -0.05) is 6.07 Å². The van der Waals surface area contributed by atoms with Crippen LogP contribution in [-0.4, -0.2) is 53.5 Å². The van der Waals surface area contributed by atoms with Crippen molar-refractivity contribution in [2.24, 2.45) is 5.92 Å². The maximum Gasteiger partial charge on any atom is 0.250 e. The highest BCUT2D eigenvalue weighted by Gasteiger charge is 2.61. The third kappa shape index (κ3) is 2.97. The Morgan fingerprint density at radius 1 is 1.19 bits per heavy atom. The monoisotopic (exact) mass is 377 g/mol. The van der Waals surface area contributed by atoms with Crippen molar-refractivity contribution in [2.75, 3.05) is 25.4 Å². The van der Waals surface area contributed by atoms with Gasteiger partial charge in [0.05, 0.1) is 18.1 Å². The third-order valence-corrected chi connectivity index (χ3v) is 7.94. The molecule has 2 fully saturated rings. The minimum absolute atomic E-state index is 0.0726. The molecule has 0 amide bonds. The number of halogens is 1. The van der Waals surface area contributed by atoms with E-state index < -0.39 is 20.4 Å². The molecule has 4 heterocycles. The molecule has 138 valence electrons. The van der Waals surface area contributed by atoms with Crippen molar-refractivity contribution >= 4 is 9.84 Å². The van der Waals surface area contributed by atoms with Crippen LogP contribution >= 0.6 is 0 Å². The van der Waals surface area contributed by atoms with Gasteiger partial charge < -0.3 is 4.74 Å². The highest BCUT2D eigenvalue weighted by atomic mass is 32.2. The number of hydrogen-bond donors (Lipinski definition) is 0. The molecule has 2 aliphatic heterocycles. The lowest BCUT2D eigenvalue weighted by Gasteiger charge is -2.49. The summed E-state index contributed by atoms with van der Waals surface area (Å²) in [6, 6.07) is 8.47. The van der Waals surface area contributed by atoms with Crippen LogP contribution in [0.1, 0.15) is 12.1 Å². The number of likely N-dealkylation sites (tertiary alicyclic amines) is 1. The Bertz CT molecular complexity index is 886. The second-order valence-corrected chi connectivity index (χ2v) is 9.39. The van der Waals surface area contributed by atoms with Gasteiger partial charge in [-0.3, -0.25) is 9.88 Å². The fraction of sp³-hybridized carbons (Fsp3) is 0.444. The number of aromatic nitrogens is 2. The zero-order valence-corrected chi connectivity index (χ0v) is 15.0. The highest BCUT2D eigenvalue weighted by Crippen LogP contribution is 2.45. The average Bonchev–Trinajstić information content (AvgIpc) is 2.86. The summed E-state index contributed by atoms with van der Waals surface area (Å²) in [6.07, 6.45) is 3.72. The molecule has 1 atom stereocenters. The van der Waals surface area contributed by atoms with E-state index in [1.54, 1.807) is 6.20 Å². The van der Waals surface area contributed by atoms with E-state index >= 15 is 0 Å². The van der Waals surface area contributed by atoms with Gasteiger partial charge in [0.25, 0.3) is 0 Å². The highest BCUT2D eigenvalue weighted by molar-refractivity contribution is 7.93. The standard InChI is InChI=1S/C18H20FN3O3S/c19-16-5-3-8-21-17(16)25-11-14-6-9-26(23,24)18(14)12-22(13-18)10-15-4-1-2-7-20-15/h1-5,7-8,14H,6,9-13H2/t14-/m1/s1. The van der Waals surface area contributed by atoms with Gasteiger partial charge >= 0.3 is 0 Å². The first-order valence-electron chi connectivity index (χ1n) is 8.58. The molecule has 0 saturated carbocycles. The Balaban J connectivity index is 1.44. The molecule has 0 radical (unpaired) electrons. The van der Waals surface area contributed by atoms with Crippen LogP contribution in [0.2, 0.25) is 0 Å². The molecule has 2 aliphatic rings. The van der Waals surface area contributed by atoms with Gasteiger partial charge in [-0.15, -0.1) is 0 Å². The van der Waals surface area contributed by atoms with Gasteiger partial charge in [0, 0.05) is 37.9 Å². The summed E-state index contributed by atoms with van der Waals surface area (Å²) >= 11 is 0. The maximum absolute atomic E-state index is 13.7. The van der Waals surface area contributed by atoms with Crippen molar-refractivity contribution in [3.63, 3.8) is 0 Å². The van der Waals surface area contributed by atoms with E-state index in [1.807, 2.05) is 18.2 Å². The summed E-state index contributed by atoms with van der Waals surface area (Å²) in [6.45, 7) is 1.71. The molecule has 0 bridgehead atoms. The smallest absolute Gasteiger partial charge is 0.250 e. The molecule has 0 aliphatic carbocycles. The van der Waals surface area contributed by atoms with E-state index in [4.69, 9.17) is 4.74 Å². The first-order valence-corrected chi connectivity index (χ1v) is 10.2. The normalized spacial score (nSPS) is 23.7. The van der Waals surface area contributed by atoms with Crippen molar-refractivity contribution < 1.29 is 17.5 Å². The minimum Gasteiger partial charge on any atom is -0.475 e. The predicted molar refractivity (Wildman–Crippen MR) is 93.8 cm³/mol. The fourth-order valence-electron chi connectivity index (χ4n) is 3.91. The van der Waals surface area contributed by atoms with E-state index in [0.29, 0.717) is 26.1 Å². The molecule has 2 aromatic rings. The Morgan fingerprint density at radius 2 is 2.00 bits per heavy atom. The molecule has 2 saturated heterocycles. The average molecular weight is 377 g/mol. The van der Waals surface area contributed by atoms with Crippen LogP contribution < -0.4 is 4.74 Å². The molecule has 6 nitrogen and oxygen atoms in total. The Kier molecular flexibility index (Phi) is 4.40. The van der Waals surface area contributed by atoms with Crippen LogP contribution in [0.15, 0.2) is 42.7 Å². The summed E-state index contributed by atoms with van der Waals surface area (Å²) in [5.41, 5.74) is 0.918. The summed E-state index contributed by atoms with van der Waals surface area (Å²) < 4.78 is 43.7. The summed E-state index contributed by atoms with van der Waals surface area (Å²) in [7, 11) is -3.19. The van der Waals surface area contributed by atoms with E-state index in [-0.39, 0.29) is 24.2 Å². The van der Waals surface area contributed by atoms with Crippen LogP contribution in [-0.2, 0) is 16.4 Å². The molecular weight excluding hydrogens is 357 g/mol. The van der Waals surface area contributed by atoms with Gasteiger partial charge in [-0.25, -0.2) is 17.8 Å². The Hall–Kier alpha value is -2.06. The second-order valence-electron chi connectivity index (χ2n) is 6.94. The Morgan fingerprint density at radius 3 is 2.73 bits per heavy atom. The minimum atomic E-state index is -3.19. The van der Waals surface area contributed by atoms with Gasteiger partial charge in [-0.2, -0.15) is 0 Å². The lowest BCUT2D eigenvalue weighted by atomic mass is 9.83. The molecule has 8 heteroatoms. The SMILES string of the molecule is O=S1(=O)CC[C@H](COc2ncccc2F)C12CN(Cc1ccccn1)C2. The molecule has 26 heavy (non-hydrogen) atoms. The number of nitrogens with zero attached hydrogens (tertiary/aromatic N) is 3. The first-order chi connectivity index (χ1) is 12.5. The van der Waals surface area contributed by atoms with Gasteiger partial charge in [-0.05, 0) is 30.7 Å². The number of pyridine rings is 2. The zero-order chi connectivity index (χ0) is 18.2. The Labute approximate surface area is 151 Å². The van der Waals surface area contributed by atoms with Gasteiger partial charge in [0.1, 0.15) is 4.75 Å². The summed E-state index contributed by atoms with van der Waals surface area (Å²) in [4.78, 5) is 10.2. The topological polar surface area (TPSA) is 72.4 Å². The third-order valence-electron chi connectivity index (χ3n) is 5.34. The molecule has 4 rings (SSSR count). The van der Waals surface area contributed by atoms with Crippen LogP contribution in [0.5, 0.6) is 5.88 Å². The van der Waals surface area contributed by atoms with Crippen LogP contribution in [0, 0.1) is 11.7 Å². The summed E-state index contributed by atoms with van der Waals surface area (Å²) in [5.74, 6) is -0.610. The molecule has 1 spiro atoms. The molecule has 2 aromatic heterocycles. The number of rotatable bonds is 5. The first kappa shape index (κ1) is 17.4. The molecular formula is C18H20FN3O3S. The lowest BCUT2D eigenvalue weighted by molar-refractivity contribution is 0.0564. The summed E-state index contributed by atoms with van der Waals surface area (Å²) in [5, 5.41) is 0. The van der Waals surface area contributed by atoms with E-state index in [0.717, 1.165) is 5.69 Å². The van der Waals surface area contributed by atoms with Crippen molar-refractivity contribution in [3.8, 4) is 5.88 Å². The lowest BCUT2D eigenvalue weighted by Crippen LogP contribution is -2.67. The number of ether oxygens (including phenoxy) is 1. The van der Waals surface area contributed by atoms with E-state index in [9.17, 15) is 12.8 Å². The van der Waals surface area contributed by atoms with Crippen LogP contribution in [0.3, 0.4) is 0 Å². The second kappa shape index (κ2) is 6.59. The molecule has 0 N–H and O–H groups in total. The van der Waals surface area contributed by atoms with Crippen molar-refractivity contribution in [2.45, 2.75) is 17.7 Å². The van der Waals surface area contributed by atoms with E-state index in [2.05, 4.69) is 14.9 Å². The predicted octanol–water partition coefficient (Wildman–Crippen LogP) is 1.68. The molecule has 0 unspecified atom stereocenters. The van der Waals surface area contributed by atoms with Crippen LogP contribution in [0.4, 0.5) is 4.39 Å². The fourth-order valence-corrected chi connectivity index (χ4v) is 6.36. The van der Waals surface area contributed by atoms with Crippen molar-refractivity contribution in [1.29, 1.82) is 0 Å². The molecule has 0 aromatic carbocycles. The number of sulfone groups is 1. The quantitative estimate of drug-likeness (QED) is 0.790. The van der Waals surface area contributed by atoms with Crippen molar-refractivity contribution in [1.82, 2.24) is 14.9 Å². The largest absolute Gasteiger partial charge is 0.475 e. The van der Waals surface area contributed by atoms with Crippen LogP contribution in [0.25, 0.3) is 0 Å². The van der Waals surface area contributed by atoms with Gasteiger partial charge in [0.15, 0.2) is 15.7 Å². The number of hydrogen-bond acceptors (Lipinski definition) is 6. The van der Waals surface area contributed by atoms with E-state index in [1.165, 1.54) is 18.3 Å². The van der Waals surface area contributed by atoms with Crippen molar-refractivity contribution in [3.05, 3.63) is 54.2 Å². The maximum atomic E-state index is 13.7. The zero-order valence-electron chi connectivity index (χ0n) is 14.2.